The number of hydrogen-bond acceptors (Lipinski definition) is 3. The molecule has 0 bridgehead atoms. The molecular formula is C14H22N4O3. The van der Waals surface area contributed by atoms with Crippen LogP contribution >= 0.6 is 0 Å². The molecule has 2 amide bonds. The standard InChI is InChI=1S/C14H22N4O3/c1-14(2)4-3-9(6-14)17-13(21)18-11(12(19)20)5-10-7-15-8-16-10/h7-9,11H,3-6H2,1-2H3,(H,15,16)(H,19,20)(H2,17,18,21)/t9?,11-/m1/s1. The zero-order valence-corrected chi connectivity index (χ0v) is 12.3. The van der Waals surface area contributed by atoms with E-state index >= 15 is 0 Å². The van der Waals surface area contributed by atoms with Gasteiger partial charge < -0.3 is 20.7 Å². The second-order valence-corrected chi connectivity index (χ2v) is 6.39. The molecule has 0 aliphatic heterocycles. The number of aromatic amines is 1. The second-order valence-electron chi connectivity index (χ2n) is 6.39. The van der Waals surface area contributed by atoms with Gasteiger partial charge in [0.05, 0.1) is 6.33 Å². The maximum absolute atomic E-state index is 11.9. The predicted molar refractivity (Wildman–Crippen MR) is 76.8 cm³/mol. The maximum atomic E-state index is 11.9. The first kappa shape index (κ1) is 15.3. The monoisotopic (exact) mass is 294 g/mol. The SMILES string of the molecule is CC1(C)CCC(NC(=O)N[C@H](Cc2cnc[nH]2)C(=O)O)C1. The number of nitrogens with one attached hydrogen (secondary N) is 3. The van der Waals surface area contributed by atoms with Crippen LogP contribution in [-0.4, -0.2) is 39.2 Å². The summed E-state index contributed by atoms with van der Waals surface area (Å²) in [4.78, 5) is 29.8. The number of amides is 2. The van der Waals surface area contributed by atoms with Gasteiger partial charge in [-0.15, -0.1) is 0 Å². The van der Waals surface area contributed by atoms with Crippen molar-refractivity contribution in [2.24, 2.45) is 5.41 Å². The average Bonchev–Trinajstić information content (AvgIpc) is 2.98. The van der Waals surface area contributed by atoms with Crippen molar-refractivity contribution in [1.29, 1.82) is 0 Å². The van der Waals surface area contributed by atoms with Crippen LogP contribution in [0, 0.1) is 5.41 Å². The van der Waals surface area contributed by atoms with E-state index in [1.54, 1.807) is 6.20 Å². The van der Waals surface area contributed by atoms with Gasteiger partial charge in [-0.25, -0.2) is 14.6 Å². The second kappa shape index (κ2) is 6.15. The number of carbonyl (C=O) groups excluding carboxylic acids is 1. The third-order valence-corrected chi connectivity index (χ3v) is 3.89. The summed E-state index contributed by atoms with van der Waals surface area (Å²) >= 11 is 0. The Morgan fingerprint density at radius 3 is 2.86 bits per heavy atom. The van der Waals surface area contributed by atoms with Gasteiger partial charge in [0.15, 0.2) is 0 Å². The molecular weight excluding hydrogens is 272 g/mol. The van der Waals surface area contributed by atoms with Crippen molar-refractivity contribution in [3.8, 4) is 0 Å². The molecule has 1 fully saturated rings. The Labute approximate surface area is 123 Å². The fourth-order valence-electron chi connectivity index (χ4n) is 2.76. The minimum atomic E-state index is -1.06. The van der Waals surface area contributed by atoms with E-state index < -0.39 is 18.0 Å². The molecule has 7 heteroatoms. The molecule has 1 aliphatic carbocycles. The van der Waals surface area contributed by atoms with E-state index in [1.165, 1.54) is 6.33 Å². The summed E-state index contributed by atoms with van der Waals surface area (Å²) in [7, 11) is 0. The molecule has 1 unspecified atom stereocenters. The highest BCUT2D eigenvalue weighted by Crippen LogP contribution is 2.36. The van der Waals surface area contributed by atoms with Crippen LogP contribution in [0.2, 0.25) is 0 Å². The summed E-state index contributed by atoms with van der Waals surface area (Å²) in [6.07, 6.45) is 6.12. The first-order valence-corrected chi connectivity index (χ1v) is 7.13. The number of aliphatic carboxylic acids is 1. The molecule has 0 aromatic carbocycles. The highest BCUT2D eigenvalue weighted by molar-refractivity contribution is 5.82. The van der Waals surface area contributed by atoms with Crippen LogP contribution in [0.5, 0.6) is 0 Å². The minimum absolute atomic E-state index is 0.113. The number of imidazole rings is 1. The fourth-order valence-corrected chi connectivity index (χ4v) is 2.76. The summed E-state index contributed by atoms with van der Waals surface area (Å²) < 4.78 is 0. The minimum Gasteiger partial charge on any atom is -0.480 e. The highest BCUT2D eigenvalue weighted by atomic mass is 16.4. The molecule has 4 N–H and O–H groups in total. The average molecular weight is 294 g/mol. The Hall–Kier alpha value is -2.05. The van der Waals surface area contributed by atoms with Gasteiger partial charge >= 0.3 is 12.0 Å². The molecule has 0 spiro atoms. The lowest BCUT2D eigenvalue weighted by molar-refractivity contribution is -0.139. The van der Waals surface area contributed by atoms with Crippen LogP contribution in [0.4, 0.5) is 4.79 Å². The molecule has 1 heterocycles. The van der Waals surface area contributed by atoms with E-state index in [9.17, 15) is 14.7 Å². The molecule has 116 valence electrons. The maximum Gasteiger partial charge on any atom is 0.326 e. The first-order valence-electron chi connectivity index (χ1n) is 7.13. The zero-order valence-electron chi connectivity index (χ0n) is 12.3. The Balaban J connectivity index is 1.85. The van der Waals surface area contributed by atoms with Gasteiger partial charge in [0, 0.05) is 24.4 Å². The normalized spacial score (nSPS) is 21.7. The quantitative estimate of drug-likeness (QED) is 0.656. The highest BCUT2D eigenvalue weighted by Gasteiger charge is 2.32. The van der Waals surface area contributed by atoms with Crippen LogP contribution < -0.4 is 10.6 Å². The van der Waals surface area contributed by atoms with Crippen molar-refractivity contribution in [3.63, 3.8) is 0 Å². The lowest BCUT2D eigenvalue weighted by Gasteiger charge is -2.19. The Morgan fingerprint density at radius 1 is 1.57 bits per heavy atom. The van der Waals surface area contributed by atoms with E-state index in [-0.39, 0.29) is 17.9 Å². The molecule has 1 aliphatic rings. The number of aromatic nitrogens is 2. The van der Waals surface area contributed by atoms with Crippen LogP contribution in [0.25, 0.3) is 0 Å². The van der Waals surface area contributed by atoms with Crippen molar-refractivity contribution in [2.75, 3.05) is 0 Å². The summed E-state index contributed by atoms with van der Waals surface area (Å²) in [5.41, 5.74) is 0.907. The molecule has 2 rings (SSSR count). The molecule has 21 heavy (non-hydrogen) atoms. The van der Waals surface area contributed by atoms with E-state index in [2.05, 4.69) is 34.4 Å². The number of carboxylic acids is 1. The molecule has 1 saturated carbocycles. The third kappa shape index (κ3) is 4.47. The molecule has 7 nitrogen and oxygen atoms in total. The molecule has 0 radical (unpaired) electrons. The van der Waals surface area contributed by atoms with Crippen molar-refractivity contribution in [3.05, 3.63) is 18.2 Å². The van der Waals surface area contributed by atoms with Crippen LogP contribution in [-0.2, 0) is 11.2 Å². The van der Waals surface area contributed by atoms with Crippen LogP contribution in [0.1, 0.15) is 38.8 Å². The molecule has 1 aromatic rings. The van der Waals surface area contributed by atoms with Crippen LogP contribution in [0.3, 0.4) is 0 Å². The molecule has 1 aromatic heterocycles. The number of nitrogens with zero attached hydrogens (tertiary/aromatic N) is 1. The number of H-pyrrole nitrogens is 1. The lowest BCUT2D eigenvalue weighted by atomic mass is 9.92. The van der Waals surface area contributed by atoms with Crippen molar-refractivity contribution in [2.45, 2.75) is 51.6 Å². The fraction of sp³-hybridized carbons (Fsp3) is 0.643. The number of carboxylic acid groups (broad SMARTS) is 1. The Kier molecular flexibility index (Phi) is 4.50. The first-order chi connectivity index (χ1) is 9.85. The predicted octanol–water partition coefficient (Wildman–Crippen LogP) is 1.28. The zero-order chi connectivity index (χ0) is 15.5. The van der Waals surface area contributed by atoms with Gasteiger partial charge in [0.2, 0.25) is 0 Å². The number of rotatable bonds is 5. The Bertz CT molecular complexity index is 498. The van der Waals surface area contributed by atoms with Gasteiger partial charge in [-0.05, 0) is 24.7 Å². The van der Waals surface area contributed by atoms with E-state index in [4.69, 9.17) is 0 Å². The molecule has 0 saturated heterocycles. The van der Waals surface area contributed by atoms with Gasteiger partial charge in [-0.2, -0.15) is 0 Å². The van der Waals surface area contributed by atoms with Gasteiger partial charge in [0.25, 0.3) is 0 Å². The van der Waals surface area contributed by atoms with Crippen molar-refractivity contribution in [1.82, 2.24) is 20.6 Å². The number of hydrogen-bond donors (Lipinski definition) is 4. The lowest BCUT2D eigenvalue weighted by Crippen LogP contribution is -2.49. The third-order valence-electron chi connectivity index (χ3n) is 3.89. The van der Waals surface area contributed by atoms with Gasteiger partial charge in [0.1, 0.15) is 6.04 Å². The summed E-state index contributed by atoms with van der Waals surface area (Å²) in [6, 6.07) is -1.29. The van der Waals surface area contributed by atoms with Crippen LogP contribution in [0.15, 0.2) is 12.5 Å². The molecule has 2 atom stereocenters. The van der Waals surface area contributed by atoms with Gasteiger partial charge in [-0.1, -0.05) is 13.8 Å². The van der Waals surface area contributed by atoms with Crippen molar-refractivity contribution < 1.29 is 14.7 Å². The smallest absolute Gasteiger partial charge is 0.326 e. The van der Waals surface area contributed by atoms with E-state index in [0.717, 1.165) is 19.3 Å². The topological polar surface area (TPSA) is 107 Å². The summed E-state index contributed by atoms with van der Waals surface area (Å²) in [5.74, 6) is -1.06. The van der Waals surface area contributed by atoms with Gasteiger partial charge in [-0.3, -0.25) is 0 Å². The largest absolute Gasteiger partial charge is 0.480 e. The van der Waals surface area contributed by atoms with E-state index in [0.29, 0.717) is 5.69 Å². The Morgan fingerprint density at radius 2 is 2.33 bits per heavy atom. The number of carbonyl (C=O) groups is 2. The summed E-state index contributed by atoms with van der Waals surface area (Å²) in [6.45, 7) is 4.34. The van der Waals surface area contributed by atoms with Crippen molar-refractivity contribution >= 4 is 12.0 Å². The van der Waals surface area contributed by atoms with E-state index in [1.807, 2.05) is 0 Å². The number of urea groups is 1. The summed E-state index contributed by atoms with van der Waals surface area (Å²) in [5, 5.41) is 14.6.